The molecule has 1 aliphatic rings. The molecule has 1 rings (SSSR count). The van der Waals surface area contributed by atoms with Crippen LogP contribution in [0.4, 0.5) is 0 Å². The second kappa shape index (κ2) is 3.90. The fourth-order valence-electron chi connectivity index (χ4n) is 1.41. The normalized spacial score (nSPS) is 17.7. The lowest BCUT2D eigenvalue weighted by atomic mass is 10.0. The van der Waals surface area contributed by atoms with E-state index in [9.17, 15) is 4.79 Å². The summed E-state index contributed by atoms with van der Waals surface area (Å²) in [7, 11) is 1.89. The predicted octanol–water partition coefficient (Wildman–Crippen LogP) is 0.320. The molecule has 3 heteroatoms. The van der Waals surface area contributed by atoms with Crippen molar-refractivity contribution in [1.82, 2.24) is 10.2 Å². The lowest BCUT2D eigenvalue weighted by Gasteiger charge is -2.31. The van der Waals surface area contributed by atoms with Crippen LogP contribution in [-0.2, 0) is 4.79 Å². The quantitative estimate of drug-likeness (QED) is 0.661. The maximum atomic E-state index is 11.5. The number of carbonyl (C=O) groups is 1. The molecule has 0 aromatic carbocycles. The molecule has 12 heavy (non-hydrogen) atoms. The fraction of sp³-hybridized carbons (Fsp3) is 0.889. The highest BCUT2D eigenvalue weighted by molar-refractivity contribution is 5.79. The van der Waals surface area contributed by atoms with Crippen molar-refractivity contribution >= 4 is 5.91 Å². The minimum absolute atomic E-state index is 0.244. The molecule has 0 atom stereocenters. The monoisotopic (exact) mass is 170 g/mol. The van der Waals surface area contributed by atoms with Crippen molar-refractivity contribution in [2.45, 2.75) is 13.8 Å². The standard InChI is InChI=1S/C9H18N2O/c1-7(2)6-11(3)9(12)8-4-10-5-8/h7-8,10H,4-6H2,1-3H3. The van der Waals surface area contributed by atoms with Crippen LogP contribution in [0.5, 0.6) is 0 Å². The Labute approximate surface area is 74.1 Å². The predicted molar refractivity (Wildman–Crippen MR) is 48.8 cm³/mol. The van der Waals surface area contributed by atoms with E-state index in [2.05, 4.69) is 19.2 Å². The molecule has 1 amide bonds. The number of amides is 1. The molecule has 0 unspecified atom stereocenters. The first kappa shape index (κ1) is 9.52. The first-order chi connectivity index (χ1) is 5.61. The fourth-order valence-corrected chi connectivity index (χ4v) is 1.41. The van der Waals surface area contributed by atoms with E-state index in [-0.39, 0.29) is 5.92 Å². The van der Waals surface area contributed by atoms with Crippen molar-refractivity contribution in [3.8, 4) is 0 Å². The van der Waals surface area contributed by atoms with Gasteiger partial charge in [-0.25, -0.2) is 0 Å². The third-order valence-electron chi connectivity index (χ3n) is 2.15. The lowest BCUT2D eigenvalue weighted by molar-refractivity contribution is -0.136. The van der Waals surface area contributed by atoms with Crippen LogP contribution in [0.3, 0.4) is 0 Å². The molecule has 0 aromatic rings. The molecular formula is C9H18N2O. The van der Waals surface area contributed by atoms with E-state index in [1.165, 1.54) is 0 Å². The molecule has 70 valence electrons. The Kier molecular flexibility index (Phi) is 3.09. The van der Waals surface area contributed by atoms with E-state index in [4.69, 9.17) is 0 Å². The lowest BCUT2D eigenvalue weighted by Crippen LogP contribution is -2.51. The van der Waals surface area contributed by atoms with Gasteiger partial charge in [-0.2, -0.15) is 0 Å². The molecular weight excluding hydrogens is 152 g/mol. The molecule has 1 fully saturated rings. The number of hydrogen-bond donors (Lipinski definition) is 1. The summed E-state index contributed by atoms with van der Waals surface area (Å²) >= 11 is 0. The Hall–Kier alpha value is -0.570. The maximum absolute atomic E-state index is 11.5. The average molecular weight is 170 g/mol. The molecule has 3 nitrogen and oxygen atoms in total. The van der Waals surface area contributed by atoms with E-state index in [0.29, 0.717) is 11.8 Å². The molecule has 1 saturated heterocycles. The third kappa shape index (κ3) is 2.21. The highest BCUT2D eigenvalue weighted by Gasteiger charge is 2.27. The smallest absolute Gasteiger partial charge is 0.228 e. The first-order valence-electron chi connectivity index (χ1n) is 4.57. The van der Waals surface area contributed by atoms with Gasteiger partial charge in [-0.15, -0.1) is 0 Å². The molecule has 0 radical (unpaired) electrons. The minimum atomic E-state index is 0.244. The minimum Gasteiger partial charge on any atom is -0.345 e. The summed E-state index contributed by atoms with van der Waals surface area (Å²) in [4.78, 5) is 13.4. The van der Waals surface area contributed by atoms with Gasteiger partial charge < -0.3 is 10.2 Å². The maximum Gasteiger partial charge on any atom is 0.228 e. The second-order valence-corrected chi connectivity index (χ2v) is 3.97. The summed E-state index contributed by atoms with van der Waals surface area (Å²) < 4.78 is 0. The molecule has 0 aromatic heterocycles. The van der Waals surface area contributed by atoms with E-state index < -0.39 is 0 Å². The van der Waals surface area contributed by atoms with Gasteiger partial charge in [0.15, 0.2) is 0 Å². The molecule has 1 aliphatic heterocycles. The van der Waals surface area contributed by atoms with Crippen LogP contribution in [0, 0.1) is 11.8 Å². The summed E-state index contributed by atoms with van der Waals surface area (Å²) in [5.74, 6) is 1.10. The third-order valence-corrected chi connectivity index (χ3v) is 2.15. The van der Waals surface area contributed by atoms with Gasteiger partial charge in [0, 0.05) is 26.7 Å². The zero-order valence-electron chi connectivity index (χ0n) is 8.13. The van der Waals surface area contributed by atoms with Crippen molar-refractivity contribution < 1.29 is 4.79 Å². The van der Waals surface area contributed by atoms with E-state index >= 15 is 0 Å². The number of nitrogens with one attached hydrogen (secondary N) is 1. The van der Waals surface area contributed by atoms with Crippen LogP contribution in [0.15, 0.2) is 0 Å². The number of nitrogens with zero attached hydrogens (tertiary/aromatic N) is 1. The summed E-state index contributed by atoms with van der Waals surface area (Å²) in [5, 5.41) is 3.10. The highest BCUT2D eigenvalue weighted by atomic mass is 16.2. The van der Waals surface area contributed by atoms with Crippen molar-refractivity contribution in [3.05, 3.63) is 0 Å². The summed E-state index contributed by atoms with van der Waals surface area (Å²) in [6, 6.07) is 0. The molecule has 1 heterocycles. The van der Waals surface area contributed by atoms with Crippen molar-refractivity contribution in [1.29, 1.82) is 0 Å². The molecule has 0 spiro atoms. The number of rotatable bonds is 3. The van der Waals surface area contributed by atoms with Gasteiger partial charge in [0.1, 0.15) is 0 Å². The molecule has 0 bridgehead atoms. The van der Waals surface area contributed by atoms with Crippen LogP contribution in [0.1, 0.15) is 13.8 Å². The Morgan fingerprint density at radius 2 is 2.17 bits per heavy atom. The van der Waals surface area contributed by atoms with Gasteiger partial charge in [0.2, 0.25) is 5.91 Å². The summed E-state index contributed by atoms with van der Waals surface area (Å²) in [6.45, 7) is 6.85. The SMILES string of the molecule is CC(C)CN(C)C(=O)C1CNC1. The van der Waals surface area contributed by atoms with Gasteiger partial charge in [-0.3, -0.25) is 4.79 Å². The van der Waals surface area contributed by atoms with Crippen LogP contribution < -0.4 is 5.32 Å². The number of carbonyl (C=O) groups excluding carboxylic acids is 1. The summed E-state index contributed by atoms with van der Waals surface area (Å²) in [5.41, 5.74) is 0. The molecule has 0 aliphatic carbocycles. The summed E-state index contributed by atoms with van der Waals surface area (Å²) in [6.07, 6.45) is 0. The Morgan fingerprint density at radius 1 is 1.58 bits per heavy atom. The van der Waals surface area contributed by atoms with Crippen LogP contribution >= 0.6 is 0 Å². The first-order valence-corrected chi connectivity index (χ1v) is 4.57. The number of hydrogen-bond acceptors (Lipinski definition) is 2. The van der Waals surface area contributed by atoms with Gasteiger partial charge >= 0.3 is 0 Å². The van der Waals surface area contributed by atoms with Crippen LogP contribution in [0.2, 0.25) is 0 Å². The Morgan fingerprint density at radius 3 is 2.50 bits per heavy atom. The average Bonchev–Trinajstić information content (AvgIpc) is 1.81. The Bertz CT molecular complexity index is 164. The largest absolute Gasteiger partial charge is 0.345 e. The van der Waals surface area contributed by atoms with Crippen molar-refractivity contribution in [2.24, 2.45) is 11.8 Å². The zero-order chi connectivity index (χ0) is 9.14. The van der Waals surface area contributed by atoms with Gasteiger partial charge in [-0.05, 0) is 5.92 Å². The van der Waals surface area contributed by atoms with Crippen LogP contribution in [0.25, 0.3) is 0 Å². The van der Waals surface area contributed by atoms with Crippen molar-refractivity contribution in [3.63, 3.8) is 0 Å². The van der Waals surface area contributed by atoms with Crippen LogP contribution in [-0.4, -0.2) is 37.5 Å². The van der Waals surface area contributed by atoms with E-state index in [1.807, 2.05) is 11.9 Å². The van der Waals surface area contributed by atoms with E-state index in [0.717, 1.165) is 19.6 Å². The van der Waals surface area contributed by atoms with Gasteiger partial charge in [-0.1, -0.05) is 13.8 Å². The topological polar surface area (TPSA) is 32.3 Å². The Balaban J connectivity index is 2.30. The van der Waals surface area contributed by atoms with Crippen molar-refractivity contribution in [2.75, 3.05) is 26.7 Å². The molecule has 1 N–H and O–H groups in total. The highest BCUT2D eigenvalue weighted by Crippen LogP contribution is 2.08. The second-order valence-electron chi connectivity index (χ2n) is 3.97. The van der Waals surface area contributed by atoms with Gasteiger partial charge in [0.05, 0.1) is 5.92 Å². The zero-order valence-corrected chi connectivity index (χ0v) is 8.13. The van der Waals surface area contributed by atoms with E-state index in [1.54, 1.807) is 0 Å². The molecule has 0 saturated carbocycles. The van der Waals surface area contributed by atoms with Gasteiger partial charge in [0.25, 0.3) is 0 Å².